The Labute approximate surface area is 113 Å². The summed E-state index contributed by atoms with van der Waals surface area (Å²) in [5, 5.41) is 15.0. The molecule has 7 heteroatoms. The topological polar surface area (TPSA) is 90.1 Å². The van der Waals surface area contributed by atoms with Crippen LogP contribution >= 0.6 is 0 Å². The number of benzene rings is 1. The minimum absolute atomic E-state index is 0.0466. The maximum absolute atomic E-state index is 12.3. The fourth-order valence-corrected chi connectivity index (χ4v) is 1.76. The fraction of sp³-hybridized carbons (Fsp3) is 0.0769. The molecular formula is C13H9N5O2. The third-order valence-electron chi connectivity index (χ3n) is 2.85. The SMILES string of the molecule is CC(=O)c1ccc(C(=O)c2cn3cnnc3nn2)cc1. The van der Waals surface area contributed by atoms with Gasteiger partial charge in [0.2, 0.25) is 5.78 Å². The smallest absolute Gasteiger partial charge is 0.274 e. The molecule has 0 atom stereocenters. The van der Waals surface area contributed by atoms with Crippen molar-refractivity contribution in [2.45, 2.75) is 6.92 Å². The van der Waals surface area contributed by atoms with E-state index in [0.717, 1.165) is 0 Å². The van der Waals surface area contributed by atoms with Gasteiger partial charge in [-0.25, -0.2) is 0 Å². The number of carbonyl (C=O) groups excluding carboxylic acids is 2. The van der Waals surface area contributed by atoms with E-state index in [1.165, 1.54) is 23.8 Å². The van der Waals surface area contributed by atoms with Crippen LogP contribution in [0.25, 0.3) is 5.78 Å². The summed E-state index contributed by atoms with van der Waals surface area (Å²) < 4.78 is 1.52. The second-order valence-corrected chi connectivity index (χ2v) is 4.22. The van der Waals surface area contributed by atoms with E-state index in [1.807, 2.05) is 0 Å². The second kappa shape index (κ2) is 4.61. The molecule has 0 fully saturated rings. The summed E-state index contributed by atoms with van der Waals surface area (Å²) in [4.78, 5) is 23.4. The fourth-order valence-electron chi connectivity index (χ4n) is 1.76. The van der Waals surface area contributed by atoms with Crippen molar-refractivity contribution < 1.29 is 9.59 Å². The van der Waals surface area contributed by atoms with Crippen LogP contribution in [0.2, 0.25) is 0 Å². The lowest BCUT2D eigenvalue weighted by Gasteiger charge is -2.01. The normalized spacial score (nSPS) is 10.7. The molecule has 0 aliphatic rings. The first-order valence-corrected chi connectivity index (χ1v) is 5.84. The number of fused-ring (bicyclic) bond motifs is 1. The number of ketones is 2. The Hall–Kier alpha value is -2.96. The lowest BCUT2D eigenvalue weighted by Crippen LogP contribution is -2.08. The monoisotopic (exact) mass is 267 g/mol. The molecule has 3 rings (SSSR count). The highest BCUT2D eigenvalue weighted by Gasteiger charge is 2.13. The lowest BCUT2D eigenvalue weighted by molar-refractivity contribution is 0.101. The van der Waals surface area contributed by atoms with Crippen LogP contribution in [0.15, 0.2) is 36.8 Å². The zero-order valence-electron chi connectivity index (χ0n) is 10.5. The molecular weight excluding hydrogens is 258 g/mol. The van der Waals surface area contributed by atoms with E-state index in [-0.39, 0.29) is 17.3 Å². The molecule has 0 amide bonds. The number of nitrogens with zero attached hydrogens (tertiary/aromatic N) is 5. The molecule has 3 aromatic rings. The van der Waals surface area contributed by atoms with Gasteiger partial charge in [0, 0.05) is 17.3 Å². The highest BCUT2D eigenvalue weighted by molar-refractivity contribution is 6.08. The van der Waals surface area contributed by atoms with Crippen LogP contribution in [0.5, 0.6) is 0 Å². The summed E-state index contributed by atoms with van der Waals surface area (Å²) in [6, 6.07) is 6.41. The molecule has 0 aliphatic heterocycles. The van der Waals surface area contributed by atoms with Crippen molar-refractivity contribution in [3.05, 3.63) is 53.6 Å². The average molecular weight is 267 g/mol. The minimum Gasteiger partial charge on any atom is -0.295 e. The molecule has 0 radical (unpaired) electrons. The maximum atomic E-state index is 12.3. The van der Waals surface area contributed by atoms with E-state index in [1.54, 1.807) is 24.3 Å². The average Bonchev–Trinajstić information content (AvgIpc) is 2.94. The molecule has 7 nitrogen and oxygen atoms in total. The summed E-state index contributed by atoms with van der Waals surface area (Å²) in [5.41, 5.74) is 1.19. The zero-order valence-corrected chi connectivity index (χ0v) is 10.5. The van der Waals surface area contributed by atoms with Gasteiger partial charge in [0.05, 0.1) is 0 Å². The van der Waals surface area contributed by atoms with Crippen molar-refractivity contribution in [3.8, 4) is 0 Å². The summed E-state index contributed by atoms with van der Waals surface area (Å²) in [6.07, 6.45) is 2.96. The second-order valence-electron chi connectivity index (χ2n) is 4.22. The molecule has 2 heterocycles. The number of rotatable bonds is 3. The van der Waals surface area contributed by atoms with Crippen LogP contribution in [0.1, 0.15) is 33.3 Å². The van der Waals surface area contributed by atoms with E-state index >= 15 is 0 Å². The molecule has 20 heavy (non-hydrogen) atoms. The summed E-state index contributed by atoms with van der Waals surface area (Å²) in [6.45, 7) is 1.47. The van der Waals surface area contributed by atoms with Crippen LogP contribution in [0.3, 0.4) is 0 Å². The Morgan fingerprint density at radius 2 is 1.70 bits per heavy atom. The number of carbonyl (C=O) groups is 2. The lowest BCUT2D eigenvalue weighted by atomic mass is 10.0. The van der Waals surface area contributed by atoms with Gasteiger partial charge in [-0.3, -0.25) is 14.0 Å². The van der Waals surface area contributed by atoms with Gasteiger partial charge >= 0.3 is 0 Å². The van der Waals surface area contributed by atoms with Crippen LogP contribution in [-0.2, 0) is 0 Å². The zero-order chi connectivity index (χ0) is 14.1. The standard InChI is InChI=1S/C13H9N5O2/c1-8(19)9-2-4-10(5-3-9)12(20)11-6-18-7-14-16-13(18)17-15-11/h2-7H,1H3. The van der Waals surface area contributed by atoms with Crippen LogP contribution in [-0.4, -0.2) is 36.4 Å². The molecule has 0 N–H and O–H groups in total. The molecule has 98 valence electrons. The Kier molecular flexibility index (Phi) is 2.79. The molecule has 2 aromatic heterocycles. The van der Waals surface area contributed by atoms with Crippen LogP contribution in [0.4, 0.5) is 0 Å². The number of aromatic nitrogens is 5. The largest absolute Gasteiger partial charge is 0.295 e. The van der Waals surface area contributed by atoms with Crippen LogP contribution in [0, 0.1) is 0 Å². The maximum Gasteiger partial charge on any atom is 0.274 e. The Bertz CT molecular complexity index is 807. The Morgan fingerprint density at radius 1 is 1.00 bits per heavy atom. The highest BCUT2D eigenvalue weighted by atomic mass is 16.1. The molecule has 0 unspecified atom stereocenters. The Balaban J connectivity index is 1.96. The van der Waals surface area contributed by atoms with Gasteiger partial charge in [-0.2, -0.15) is 0 Å². The molecule has 0 bridgehead atoms. The van der Waals surface area contributed by atoms with E-state index in [4.69, 9.17) is 0 Å². The first kappa shape index (κ1) is 12.1. The number of hydrogen-bond acceptors (Lipinski definition) is 6. The van der Waals surface area contributed by atoms with Gasteiger partial charge in [0.1, 0.15) is 6.33 Å². The van der Waals surface area contributed by atoms with Gasteiger partial charge < -0.3 is 0 Å². The van der Waals surface area contributed by atoms with Crippen molar-refractivity contribution in [2.75, 3.05) is 0 Å². The summed E-state index contributed by atoms with van der Waals surface area (Å²) >= 11 is 0. The van der Waals surface area contributed by atoms with Gasteiger partial charge in [-0.15, -0.1) is 20.4 Å². The van der Waals surface area contributed by atoms with Crippen molar-refractivity contribution in [3.63, 3.8) is 0 Å². The quantitative estimate of drug-likeness (QED) is 0.656. The van der Waals surface area contributed by atoms with E-state index in [0.29, 0.717) is 16.9 Å². The van der Waals surface area contributed by atoms with Gasteiger partial charge in [-0.1, -0.05) is 24.3 Å². The third kappa shape index (κ3) is 2.05. The predicted octanol–water partition coefficient (Wildman–Crippen LogP) is 0.953. The summed E-state index contributed by atoms with van der Waals surface area (Å²) in [7, 11) is 0. The van der Waals surface area contributed by atoms with Crippen molar-refractivity contribution in [1.29, 1.82) is 0 Å². The van der Waals surface area contributed by atoms with E-state index in [9.17, 15) is 9.59 Å². The number of hydrogen-bond donors (Lipinski definition) is 0. The van der Waals surface area contributed by atoms with Gasteiger partial charge in [0.15, 0.2) is 11.5 Å². The van der Waals surface area contributed by atoms with Crippen molar-refractivity contribution in [2.24, 2.45) is 0 Å². The number of Topliss-reactive ketones (excluding diaryl/α,β-unsaturated/α-hetero) is 1. The first-order chi connectivity index (χ1) is 9.65. The van der Waals surface area contributed by atoms with Crippen molar-refractivity contribution in [1.82, 2.24) is 24.8 Å². The molecule has 0 spiro atoms. The van der Waals surface area contributed by atoms with E-state index in [2.05, 4.69) is 20.4 Å². The van der Waals surface area contributed by atoms with Gasteiger partial charge in [0.25, 0.3) is 5.78 Å². The molecule has 0 aliphatic carbocycles. The van der Waals surface area contributed by atoms with E-state index < -0.39 is 0 Å². The molecule has 0 saturated carbocycles. The van der Waals surface area contributed by atoms with Gasteiger partial charge in [-0.05, 0) is 6.92 Å². The minimum atomic E-state index is -0.275. The van der Waals surface area contributed by atoms with Crippen LogP contribution < -0.4 is 0 Å². The predicted molar refractivity (Wildman–Crippen MR) is 68.5 cm³/mol. The molecule has 0 saturated heterocycles. The van der Waals surface area contributed by atoms with Crippen molar-refractivity contribution >= 4 is 17.3 Å². The highest BCUT2D eigenvalue weighted by Crippen LogP contribution is 2.10. The third-order valence-corrected chi connectivity index (χ3v) is 2.85. The Morgan fingerprint density at radius 3 is 2.40 bits per heavy atom. The summed E-state index contributed by atoms with van der Waals surface area (Å²) in [5.74, 6) is 0.00591. The molecule has 1 aromatic carbocycles. The first-order valence-electron chi connectivity index (χ1n) is 5.84.